The molecule has 0 radical (unpaired) electrons. The molecule has 1 aromatic carbocycles. The van der Waals surface area contributed by atoms with Crippen molar-refractivity contribution in [3.63, 3.8) is 0 Å². The lowest BCUT2D eigenvalue weighted by Gasteiger charge is -2.18. The second-order valence-electron chi connectivity index (χ2n) is 5.10. The van der Waals surface area contributed by atoms with E-state index in [0.29, 0.717) is 13.2 Å². The highest BCUT2D eigenvalue weighted by Crippen LogP contribution is 2.15. The molecule has 8 heteroatoms. The van der Waals surface area contributed by atoms with Gasteiger partial charge in [0, 0.05) is 13.6 Å². The van der Waals surface area contributed by atoms with Gasteiger partial charge in [-0.15, -0.1) is 0 Å². The van der Waals surface area contributed by atoms with E-state index in [0.717, 1.165) is 16.0 Å². The topological polar surface area (TPSA) is 64.4 Å². The molecule has 2 rings (SSSR count). The number of nitrogens with zero attached hydrogens (tertiary/aromatic N) is 3. The Hall–Kier alpha value is -2.05. The molecule has 2 aromatic rings. The minimum atomic E-state index is -0.591. The maximum absolute atomic E-state index is 12.3. The molecule has 1 heterocycles. The number of halogens is 2. The Labute approximate surface area is 149 Å². The zero-order chi connectivity index (χ0) is 17.7. The van der Waals surface area contributed by atoms with Crippen LogP contribution in [0.2, 0.25) is 10.0 Å². The summed E-state index contributed by atoms with van der Waals surface area (Å²) in [5, 5.41) is 3.74. The fourth-order valence-corrected chi connectivity index (χ4v) is 2.30. The second kappa shape index (κ2) is 8.17. The number of amides is 1. The molecule has 0 unspecified atom stereocenters. The predicted octanol–water partition coefficient (Wildman–Crippen LogP) is 2.61. The van der Waals surface area contributed by atoms with Crippen molar-refractivity contribution in [2.75, 3.05) is 13.7 Å². The number of benzene rings is 1. The predicted molar refractivity (Wildman–Crippen MR) is 92.6 cm³/mol. The van der Waals surface area contributed by atoms with Crippen LogP contribution in [0.15, 0.2) is 35.3 Å². The molecule has 1 amide bonds. The molecule has 0 N–H and O–H groups in total. The number of carbonyl (C=O) groups is 1. The second-order valence-corrected chi connectivity index (χ2v) is 5.88. The minimum absolute atomic E-state index is 0.0631. The van der Waals surface area contributed by atoms with Crippen molar-refractivity contribution >= 4 is 29.1 Å². The molecule has 128 valence electrons. The van der Waals surface area contributed by atoms with Gasteiger partial charge in [0.1, 0.15) is 17.3 Å². The third-order valence-electron chi connectivity index (χ3n) is 3.31. The van der Waals surface area contributed by atoms with Crippen LogP contribution in [0.4, 0.5) is 0 Å². The average molecular weight is 370 g/mol. The molecule has 0 atom stereocenters. The van der Waals surface area contributed by atoms with Crippen molar-refractivity contribution in [3.05, 3.63) is 56.4 Å². The SMILES string of the molecule is CCOc1ccc(CN(C)C(=O)Cn2ncc(Cl)c(Cl)c2=O)cc1. The molecule has 0 bridgehead atoms. The van der Waals surface area contributed by atoms with Crippen LogP contribution in [-0.4, -0.2) is 34.2 Å². The number of aromatic nitrogens is 2. The monoisotopic (exact) mass is 369 g/mol. The van der Waals surface area contributed by atoms with E-state index in [1.54, 1.807) is 7.05 Å². The van der Waals surface area contributed by atoms with Gasteiger partial charge in [0.05, 0.1) is 17.8 Å². The summed E-state index contributed by atoms with van der Waals surface area (Å²) in [4.78, 5) is 25.7. The molecule has 0 aliphatic carbocycles. The molecule has 0 saturated carbocycles. The van der Waals surface area contributed by atoms with E-state index in [-0.39, 0.29) is 22.5 Å². The molecule has 0 aliphatic heterocycles. The van der Waals surface area contributed by atoms with Gasteiger partial charge in [0.2, 0.25) is 5.91 Å². The highest BCUT2D eigenvalue weighted by Gasteiger charge is 2.14. The first kappa shape index (κ1) is 18.3. The number of likely N-dealkylation sites (N-methyl/N-ethyl adjacent to an activating group) is 1. The van der Waals surface area contributed by atoms with E-state index >= 15 is 0 Å². The normalized spacial score (nSPS) is 10.5. The Kier molecular flexibility index (Phi) is 6.23. The largest absolute Gasteiger partial charge is 0.494 e. The summed E-state index contributed by atoms with van der Waals surface area (Å²) in [6, 6.07) is 7.47. The van der Waals surface area contributed by atoms with Gasteiger partial charge in [-0.25, -0.2) is 4.68 Å². The third kappa shape index (κ3) is 4.49. The maximum atomic E-state index is 12.3. The lowest BCUT2D eigenvalue weighted by atomic mass is 10.2. The zero-order valence-corrected chi connectivity index (χ0v) is 14.8. The van der Waals surface area contributed by atoms with Crippen LogP contribution in [-0.2, 0) is 17.9 Å². The number of ether oxygens (including phenoxy) is 1. The summed E-state index contributed by atoms with van der Waals surface area (Å²) in [6.45, 7) is 2.72. The van der Waals surface area contributed by atoms with Gasteiger partial charge in [0.15, 0.2) is 0 Å². The Morgan fingerprint density at radius 2 is 1.96 bits per heavy atom. The van der Waals surface area contributed by atoms with Gasteiger partial charge in [-0.2, -0.15) is 5.10 Å². The summed E-state index contributed by atoms with van der Waals surface area (Å²) in [6.07, 6.45) is 1.24. The van der Waals surface area contributed by atoms with Gasteiger partial charge in [-0.05, 0) is 24.6 Å². The average Bonchev–Trinajstić information content (AvgIpc) is 2.57. The van der Waals surface area contributed by atoms with Crippen LogP contribution in [0.3, 0.4) is 0 Å². The number of carbonyl (C=O) groups excluding carboxylic acids is 1. The van der Waals surface area contributed by atoms with Crippen LogP contribution in [0.25, 0.3) is 0 Å². The van der Waals surface area contributed by atoms with Gasteiger partial charge in [0.25, 0.3) is 5.56 Å². The standard InChI is InChI=1S/C16H17Cl2N3O3/c1-3-24-12-6-4-11(5-7-12)9-20(2)14(22)10-21-16(23)15(18)13(17)8-19-21/h4-8H,3,9-10H2,1-2H3. The fraction of sp³-hybridized carbons (Fsp3) is 0.312. The first-order valence-corrected chi connectivity index (χ1v) is 8.04. The van der Waals surface area contributed by atoms with E-state index in [4.69, 9.17) is 27.9 Å². The Morgan fingerprint density at radius 3 is 2.58 bits per heavy atom. The van der Waals surface area contributed by atoms with Gasteiger partial charge >= 0.3 is 0 Å². The van der Waals surface area contributed by atoms with Crippen molar-refractivity contribution in [1.29, 1.82) is 0 Å². The van der Waals surface area contributed by atoms with Crippen LogP contribution in [0.5, 0.6) is 5.75 Å². The van der Waals surface area contributed by atoms with Crippen molar-refractivity contribution in [3.8, 4) is 5.75 Å². The van der Waals surface area contributed by atoms with Crippen LogP contribution in [0.1, 0.15) is 12.5 Å². The summed E-state index contributed by atoms with van der Waals surface area (Å²) in [5.41, 5.74) is 0.357. The van der Waals surface area contributed by atoms with E-state index in [9.17, 15) is 9.59 Å². The first-order chi connectivity index (χ1) is 11.4. The maximum Gasteiger partial charge on any atom is 0.287 e. The van der Waals surface area contributed by atoms with E-state index in [2.05, 4.69) is 5.10 Å². The highest BCUT2D eigenvalue weighted by atomic mass is 35.5. The molecule has 0 fully saturated rings. The highest BCUT2D eigenvalue weighted by molar-refractivity contribution is 6.41. The fourth-order valence-electron chi connectivity index (χ4n) is 2.03. The summed E-state index contributed by atoms with van der Waals surface area (Å²) >= 11 is 11.5. The quantitative estimate of drug-likeness (QED) is 0.784. The van der Waals surface area contributed by atoms with Crippen molar-refractivity contribution in [1.82, 2.24) is 14.7 Å². The van der Waals surface area contributed by atoms with Crippen LogP contribution in [0, 0.1) is 0 Å². The molecular formula is C16H17Cl2N3O3. The Balaban J connectivity index is 2.02. The molecule has 0 spiro atoms. The molecule has 6 nitrogen and oxygen atoms in total. The van der Waals surface area contributed by atoms with Crippen molar-refractivity contribution in [2.24, 2.45) is 0 Å². The number of hydrogen-bond donors (Lipinski definition) is 0. The van der Waals surface area contributed by atoms with Gasteiger partial charge in [-0.1, -0.05) is 35.3 Å². The van der Waals surface area contributed by atoms with Crippen LogP contribution >= 0.6 is 23.2 Å². The minimum Gasteiger partial charge on any atom is -0.494 e. The molecule has 0 saturated heterocycles. The lowest BCUT2D eigenvalue weighted by Crippen LogP contribution is -2.34. The summed E-state index contributed by atoms with van der Waals surface area (Å²) in [7, 11) is 1.65. The molecule has 0 aliphatic rings. The number of hydrogen-bond acceptors (Lipinski definition) is 4. The summed E-state index contributed by atoms with van der Waals surface area (Å²) in [5.74, 6) is 0.513. The van der Waals surface area contributed by atoms with Crippen LogP contribution < -0.4 is 10.3 Å². The lowest BCUT2D eigenvalue weighted by molar-refractivity contribution is -0.131. The smallest absolute Gasteiger partial charge is 0.287 e. The van der Waals surface area contributed by atoms with E-state index in [1.165, 1.54) is 11.1 Å². The van der Waals surface area contributed by atoms with E-state index < -0.39 is 5.56 Å². The molecular weight excluding hydrogens is 353 g/mol. The third-order valence-corrected chi connectivity index (χ3v) is 4.06. The van der Waals surface area contributed by atoms with E-state index in [1.807, 2.05) is 31.2 Å². The summed E-state index contributed by atoms with van der Waals surface area (Å²) < 4.78 is 6.37. The first-order valence-electron chi connectivity index (χ1n) is 7.29. The van der Waals surface area contributed by atoms with Crippen molar-refractivity contribution in [2.45, 2.75) is 20.0 Å². The van der Waals surface area contributed by atoms with Gasteiger partial charge in [-0.3, -0.25) is 9.59 Å². The Morgan fingerprint density at radius 1 is 1.29 bits per heavy atom. The molecule has 1 aromatic heterocycles. The Bertz CT molecular complexity index is 775. The van der Waals surface area contributed by atoms with Gasteiger partial charge < -0.3 is 9.64 Å². The zero-order valence-electron chi connectivity index (χ0n) is 13.3. The van der Waals surface area contributed by atoms with Crippen molar-refractivity contribution < 1.29 is 9.53 Å². The number of rotatable bonds is 6. The molecule has 24 heavy (non-hydrogen) atoms.